The van der Waals surface area contributed by atoms with Crippen LogP contribution in [0.5, 0.6) is 5.88 Å². The van der Waals surface area contributed by atoms with E-state index in [4.69, 9.17) is 9.84 Å². The molecule has 8 heteroatoms. The Morgan fingerprint density at radius 3 is 2.71 bits per heavy atom. The molecule has 0 saturated heterocycles. The van der Waals surface area contributed by atoms with Crippen molar-refractivity contribution in [3.63, 3.8) is 0 Å². The first kappa shape index (κ1) is 17.8. The summed E-state index contributed by atoms with van der Waals surface area (Å²) in [6, 6.07) is 0.289. The number of carbonyl (C=O) groups is 1. The van der Waals surface area contributed by atoms with Gasteiger partial charge in [0.1, 0.15) is 18.4 Å². The fourth-order valence-corrected chi connectivity index (χ4v) is 2.20. The molecule has 2 atom stereocenters. The highest BCUT2D eigenvalue weighted by molar-refractivity contribution is 6.99. The van der Waals surface area contributed by atoms with Crippen LogP contribution < -0.4 is 10.1 Å². The largest absolute Gasteiger partial charge is 0.481 e. The molecule has 0 spiro atoms. The number of aliphatic hydroxyl groups excluding tert-OH is 1. The summed E-state index contributed by atoms with van der Waals surface area (Å²) in [6.07, 6.45) is 0.161. The standard InChI is InChI=1S/C13H23N3O4S/c1-4-9(13(18)19)5-11-12(16-21-15-11)20-7-10(17)6-14-8(2)3/h8-10,14,17H,4-7H2,1-3H3,(H,18,19). The molecule has 1 heterocycles. The Bertz CT molecular complexity index is 439. The lowest BCUT2D eigenvalue weighted by molar-refractivity contribution is -0.141. The Morgan fingerprint density at radius 1 is 1.43 bits per heavy atom. The molecule has 21 heavy (non-hydrogen) atoms. The van der Waals surface area contributed by atoms with Gasteiger partial charge in [0, 0.05) is 19.0 Å². The predicted molar refractivity (Wildman–Crippen MR) is 79.7 cm³/mol. The maximum absolute atomic E-state index is 11.0. The van der Waals surface area contributed by atoms with E-state index in [2.05, 4.69) is 14.1 Å². The van der Waals surface area contributed by atoms with Crippen LogP contribution in [0.4, 0.5) is 0 Å². The number of carboxylic acid groups (broad SMARTS) is 1. The average molecular weight is 317 g/mol. The van der Waals surface area contributed by atoms with E-state index in [0.717, 1.165) is 11.7 Å². The van der Waals surface area contributed by atoms with Gasteiger partial charge in [0.2, 0.25) is 5.88 Å². The van der Waals surface area contributed by atoms with Crippen LogP contribution in [0, 0.1) is 5.92 Å². The van der Waals surface area contributed by atoms with Crippen molar-refractivity contribution < 1.29 is 19.7 Å². The second-order valence-corrected chi connectivity index (χ2v) is 5.72. The minimum atomic E-state index is -0.849. The highest BCUT2D eigenvalue weighted by Crippen LogP contribution is 2.21. The molecular weight excluding hydrogens is 294 g/mol. The van der Waals surface area contributed by atoms with Gasteiger partial charge in [-0.05, 0) is 6.42 Å². The zero-order valence-electron chi connectivity index (χ0n) is 12.6. The van der Waals surface area contributed by atoms with E-state index in [1.54, 1.807) is 0 Å². The molecule has 0 aliphatic carbocycles. The lowest BCUT2D eigenvalue weighted by atomic mass is 10.0. The van der Waals surface area contributed by atoms with E-state index in [9.17, 15) is 9.90 Å². The second kappa shape index (κ2) is 8.91. The molecule has 0 amide bonds. The van der Waals surface area contributed by atoms with Gasteiger partial charge in [-0.15, -0.1) is 4.37 Å². The summed E-state index contributed by atoms with van der Waals surface area (Å²) in [7, 11) is 0. The van der Waals surface area contributed by atoms with Gasteiger partial charge in [0.05, 0.1) is 17.6 Å². The summed E-state index contributed by atoms with van der Waals surface area (Å²) in [6.45, 7) is 6.33. The van der Waals surface area contributed by atoms with Crippen LogP contribution in [0.1, 0.15) is 32.9 Å². The Hall–Kier alpha value is -1.25. The molecule has 7 nitrogen and oxygen atoms in total. The first-order valence-electron chi connectivity index (χ1n) is 7.02. The molecule has 0 radical (unpaired) electrons. The van der Waals surface area contributed by atoms with E-state index in [-0.39, 0.29) is 19.1 Å². The van der Waals surface area contributed by atoms with Crippen molar-refractivity contribution >= 4 is 17.7 Å². The topological polar surface area (TPSA) is 105 Å². The van der Waals surface area contributed by atoms with Gasteiger partial charge in [0.25, 0.3) is 0 Å². The van der Waals surface area contributed by atoms with Gasteiger partial charge in [-0.1, -0.05) is 20.8 Å². The lowest BCUT2D eigenvalue weighted by Crippen LogP contribution is -2.35. The zero-order chi connectivity index (χ0) is 15.8. The molecule has 0 aromatic carbocycles. The predicted octanol–water partition coefficient (Wildman–Crippen LogP) is 0.929. The van der Waals surface area contributed by atoms with Crippen molar-refractivity contribution in [2.45, 2.75) is 45.8 Å². The van der Waals surface area contributed by atoms with Crippen LogP contribution in [0.2, 0.25) is 0 Å². The highest BCUT2D eigenvalue weighted by atomic mass is 32.1. The number of hydrogen-bond donors (Lipinski definition) is 3. The van der Waals surface area contributed by atoms with E-state index in [1.165, 1.54) is 0 Å². The fourth-order valence-electron chi connectivity index (χ4n) is 1.68. The number of aliphatic carboxylic acids is 1. The van der Waals surface area contributed by atoms with Gasteiger partial charge in [0.15, 0.2) is 0 Å². The molecule has 120 valence electrons. The highest BCUT2D eigenvalue weighted by Gasteiger charge is 2.21. The van der Waals surface area contributed by atoms with Crippen LogP contribution in [0.3, 0.4) is 0 Å². The minimum absolute atomic E-state index is 0.0992. The molecule has 0 aliphatic rings. The number of carboxylic acids is 1. The molecule has 1 aromatic rings. The number of nitrogens with zero attached hydrogens (tertiary/aromatic N) is 2. The second-order valence-electron chi connectivity index (χ2n) is 5.19. The molecule has 0 bridgehead atoms. The number of aliphatic hydroxyl groups is 1. The molecule has 0 fully saturated rings. The van der Waals surface area contributed by atoms with Crippen molar-refractivity contribution in [2.75, 3.05) is 13.2 Å². The van der Waals surface area contributed by atoms with Crippen LogP contribution in [-0.2, 0) is 11.2 Å². The third-order valence-electron chi connectivity index (χ3n) is 2.98. The summed E-state index contributed by atoms with van der Waals surface area (Å²) in [4.78, 5) is 11.0. The number of ether oxygens (including phenoxy) is 1. The van der Waals surface area contributed by atoms with Crippen LogP contribution in [0.15, 0.2) is 0 Å². The van der Waals surface area contributed by atoms with Gasteiger partial charge in [-0.25, -0.2) is 0 Å². The van der Waals surface area contributed by atoms with Gasteiger partial charge >= 0.3 is 5.97 Å². The van der Waals surface area contributed by atoms with E-state index in [0.29, 0.717) is 24.5 Å². The van der Waals surface area contributed by atoms with Crippen LogP contribution >= 0.6 is 11.7 Å². The Labute approximate surface area is 128 Å². The number of rotatable bonds is 10. The molecule has 1 rings (SSSR count). The van der Waals surface area contributed by atoms with Crippen LogP contribution in [0.25, 0.3) is 0 Å². The monoisotopic (exact) mass is 317 g/mol. The molecule has 1 aromatic heterocycles. The summed E-state index contributed by atoms with van der Waals surface area (Å²) in [5.41, 5.74) is 0.540. The zero-order valence-corrected chi connectivity index (χ0v) is 13.4. The average Bonchev–Trinajstić information content (AvgIpc) is 2.87. The van der Waals surface area contributed by atoms with Crippen molar-refractivity contribution in [3.8, 4) is 5.88 Å². The van der Waals surface area contributed by atoms with Gasteiger partial charge < -0.3 is 20.3 Å². The van der Waals surface area contributed by atoms with E-state index in [1.807, 2.05) is 20.8 Å². The number of hydrogen-bond acceptors (Lipinski definition) is 7. The Morgan fingerprint density at radius 2 is 2.14 bits per heavy atom. The maximum Gasteiger partial charge on any atom is 0.306 e. The first-order chi connectivity index (χ1) is 9.93. The minimum Gasteiger partial charge on any atom is -0.481 e. The number of nitrogens with one attached hydrogen (secondary N) is 1. The van der Waals surface area contributed by atoms with Gasteiger partial charge in [-0.3, -0.25) is 4.79 Å². The summed E-state index contributed by atoms with van der Waals surface area (Å²) in [5.74, 6) is -1.02. The maximum atomic E-state index is 11.0. The Kier molecular flexibility index (Phi) is 7.55. The summed E-state index contributed by atoms with van der Waals surface area (Å²) in [5, 5.41) is 22.0. The lowest BCUT2D eigenvalue weighted by Gasteiger charge is -2.14. The molecule has 0 saturated carbocycles. The quantitative estimate of drug-likeness (QED) is 0.589. The van der Waals surface area contributed by atoms with Crippen LogP contribution in [-0.4, -0.2) is 50.2 Å². The molecule has 0 aliphatic heterocycles. The molecule has 2 unspecified atom stereocenters. The van der Waals surface area contributed by atoms with Crippen molar-refractivity contribution in [1.29, 1.82) is 0 Å². The fraction of sp³-hybridized carbons (Fsp3) is 0.769. The third kappa shape index (κ3) is 6.36. The van der Waals surface area contributed by atoms with Crippen molar-refractivity contribution in [1.82, 2.24) is 14.1 Å². The first-order valence-corrected chi connectivity index (χ1v) is 7.75. The smallest absolute Gasteiger partial charge is 0.306 e. The SMILES string of the molecule is CCC(Cc1nsnc1OCC(O)CNC(C)C)C(=O)O. The molecular formula is C13H23N3O4S. The summed E-state index contributed by atoms with van der Waals surface area (Å²) < 4.78 is 13.5. The van der Waals surface area contributed by atoms with E-state index >= 15 is 0 Å². The van der Waals surface area contributed by atoms with Crippen molar-refractivity contribution in [3.05, 3.63) is 5.69 Å². The summed E-state index contributed by atoms with van der Waals surface area (Å²) >= 11 is 0.985. The van der Waals surface area contributed by atoms with Crippen molar-refractivity contribution in [2.24, 2.45) is 5.92 Å². The molecule has 3 N–H and O–H groups in total. The van der Waals surface area contributed by atoms with Gasteiger partial charge in [-0.2, -0.15) is 4.37 Å². The normalized spacial score (nSPS) is 14.1. The Balaban J connectivity index is 2.50. The number of aromatic nitrogens is 2. The van der Waals surface area contributed by atoms with E-state index < -0.39 is 18.0 Å². The third-order valence-corrected chi connectivity index (χ3v) is 3.53.